The summed E-state index contributed by atoms with van der Waals surface area (Å²) in [4.78, 5) is 0. The Hall–Kier alpha value is -0.600. The highest BCUT2D eigenvalue weighted by Gasteiger charge is 2.60. The van der Waals surface area contributed by atoms with Crippen LogP contribution in [-0.4, -0.2) is 0 Å². The van der Waals surface area contributed by atoms with Crippen LogP contribution in [0.2, 0.25) is 5.02 Å². The van der Waals surface area contributed by atoms with Gasteiger partial charge in [-0.2, -0.15) is 0 Å². The Kier molecular flexibility index (Phi) is 2.53. The molecule has 102 valence electrons. The average Bonchev–Trinajstić information content (AvgIpc) is 3.02. The number of rotatable bonds is 1. The number of nitrogens with two attached hydrogens (primary N) is 1. The van der Waals surface area contributed by atoms with E-state index in [1.807, 2.05) is 0 Å². The Labute approximate surface area is 118 Å². The van der Waals surface area contributed by atoms with Crippen molar-refractivity contribution in [2.24, 2.45) is 29.4 Å². The standard InChI is InChI=1S/C16H19ClFN/c17-15-5-4-10(18)7-14(15)16(19)8-9-6-13(16)12-3-1-2-11(9)12/h4-5,7,9,11-13H,1-3,6,8,19H2. The van der Waals surface area contributed by atoms with E-state index in [1.165, 1.54) is 31.7 Å². The summed E-state index contributed by atoms with van der Waals surface area (Å²) in [6.07, 6.45) is 6.23. The van der Waals surface area contributed by atoms with Crippen LogP contribution in [0.15, 0.2) is 18.2 Å². The molecule has 3 aliphatic rings. The van der Waals surface area contributed by atoms with Gasteiger partial charge < -0.3 is 5.73 Å². The van der Waals surface area contributed by atoms with Crippen molar-refractivity contribution >= 4 is 11.6 Å². The number of benzene rings is 1. The molecule has 5 unspecified atom stereocenters. The fourth-order valence-corrected chi connectivity index (χ4v) is 5.65. The lowest BCUT2D eigenvalue weighted by Crippen LogP contribution is -2.46. The summed E-state index contributed by atoms with van der Waals surface area (Å²) in [6.45, 7) is 0. The van der Waals surface area contributed by atoms with Gasteiger partial charge in [-0.05, 0) is 73.1 Å². The van der Waals surface area contributed by atoms with E-state index in [1.54, 1.807) is 12.1 Å². The minimum Gasteiger partial charge on any atom is -0.321 e. The largest absolute Gasteiger partial charge is 0.321 e. The van der Waals surface area contributed by atoms with Crippen LogP contribution in [0.25, 0.3) is 0 Å². The molecule has 0 saturated heterocycles. The molecule has 0 aliphatic heterocycles. The van der Waals surface area contributed by atoms with Gasteiger partial charge in [0, 0.05) is 10.6 Å². The van der Waals surface area contributed by atoms with Crippen molar-refractivity contribution in [1.82, 2.24) is 0 Å². The molecule has 0 aromatic heterocycles. The molecular weight excluding hydrogens is 261 g/mol. The van der Waals surface area contributed by atoms with Gasteiger partial charge in [-0.25, -0.2) is 4.39 Å². The quantitative estimate of drug-likeness (QED) is 0.823. The van der Waals surface area contributed by atoms with Crippen LogP contribution >= 0.6 is 11.6 Å². The maximum Gasteiger partial charge on any atom is 0.123 e. The molecule has 3 fully saturated rings. The normalized spacial score (nSPS) is 43.7. The minimum absolute atomic E-state index is 0.227. The van der Waals surface area contributed by atoms with Gasteiger partial charge in [-0.15, -0.1) is 0 Å². The maximum atomic E-state index is 13.6. The van der Waals surface area contributed by atoms with Gasteiger partial charge in [0.1, 0.15) is 5.82 Å². The van der Waals surface area contributed by atoms with Crippen molar-refractivity contribution in [2.45, 2.75) is 37.6 Å². The third-order valence-corrected chi connectivity index (χ3v) is 6.32. The smallest absolute Gasteiger partial charge is 0.123 e. The molecule has 2 N–H and O–H groups in total. The Balaban J connectivity index is 1.77. The van der Waals surface area contributed by atoms with Crippen molar-refractivity contribution in [2.75, 3.05) is 0 Å². The van der Waals surface area contributed by atoms with Crippen molar-refractivity contribution in [1.29, 1.82) is 0 Å². The van der Waals surface area contributed by atoms with E-state index in [0.29, 0.717) is 10.9 Å². The summed E-state index contributed by atoms with van der Waals surface area (Å²) < 4.78 is 13.6. The van der Waals surface area contributed by atoms with Gasteiger partial charge >= 0.3 is 0 Å². The summed E-state index contributed by atoms with van der Waals surface area (Å²) in [6, 6.07) is 4.63. The lowest BCUT2D eigenvalue weighted by molar-refractivity contribution is 0.156. The predicted octanol–water partition coefficient (Wildman–Crippen LogP) is 4.09. The zero-order chi connectivity index (χ0) is 13.2. The van der Waals surface area contributed by atoms with Crippen molar-refractivity contribution in [3.63, 3.8) is 0 Å². The number of hydrogen-bond acceptors (Lipinski definition) is 1. The van der Waals surface area contributed by atoms with Gasteiger partial charge in [0.15, 0.2) is 0 Å². The van der Waals surface area contributed by atoms with Gasteiger partial charge in [0.2, 0.25) is 0 Å². The molecule has 19 heavy (non-hydrogen) atoms. The molecule has 0 spiro atoms. The molecule has 1 nitrogen and oxygen atoms in total. The van der Waals surface area contributed by atoms with E-state index in [0.717, 1.165) is 29.7 Å². The minimum atomic E-state index is -0.393. The predicted molar refractivity (Wildman–Crippen MR) is 74.3 cm³/mol. The summed E-state index contributed by atoms with van der Waals surface area (Å²) in [7, 11) is 0. The number of halogens is 2. The topological polar surface area (TPSA) is 26.0 Å². The van der Waals surface area contributed by atoms with Crippen LogP contribution < -0.4 is 5.73 Å². The third kappa shape index (κ3) is 1.56. The van der Waals surface area contributed by atoms with E-state index < -0.39 is 5.54 Å². The van der Waals surface area contributed by atoms with E-state index >= 15 is 0 Å². The second-order valence-electron chi connectivity index (χ2n) is 6.73. The van der Waals surface area contributed by atoms with Gasteiger partial charge in [-0.3, -0.25) is 0 Å². The Bertz CT molecular complexity index is 531. The molecule has 3 aliphatic carbocycles. The lowest BCUT2D eigenvalue weighted by Gasteiger charge is -2.41. The van der Waals surface area contributed by atoms with Gasteiger partial charge in [0.25, 0.3) is 0 Å². The summed E-state index contributed by atoms with van der Waals surface area (Å²) in [5.74, 6) is 2.65. The Morgan fingerprint density at radius 2 is 2.05 bits per heavy atom. The van der Waals surface area contributed by atoms with E-state index in [4.69, 9.17) is 17.3 Å². The summed E-state index contributed by atoms with van der Waals surface area (Å²) >= 11 is 6.30. The highest BCUT2D eigenvalue weighted by atomic mass is 35.5. The fraction of sp³-hybridized carbons (Fsp3) is 0.625. The van der Waals surface area contributed by atoms with Crippen LogP contribution in [0, 0.1) is 29.5 Å². The average molecular weight is 280 g/mol. The van der Waals surface area contributed by atoms with Crippen LogP contribution in [0.3, 0.4) is 0 Å². The first-order chi connectivity index (χ1) is 9.09. The first-order valence-corrected chi connectivity index (χ1v) is 7.72. The lowest BCUT2D eigenvalue weighted by atomic mass is 9.68. The molecule has 1 aromatic carbocycles. The molecule has 0 radical (unpaired) electrons. The zero-order valence-electron chi connectivity index (χ0n) is 10.9. The number of fused-ring (bicyclic) bond motifs is 5. The van der Waals surface area contributed by atoms with Crippen molar-refractivity contribution in [3.05, 3.63) is 34.6 Å². The van der Waals surface area contributed by atoms with Crippen molar-refractivity contribution < 1.29 is 4.39 Å². The molecular formula is C16H19ClFN. The molecule has 0 amide bonds. The second kappa shape index (κ2) is 3.95. The Morgan fingerprint density at radius 1 is 1.26 bits per heavy atom. The second-order valence-corrected chi connectivity index (χ2v) is 7.14. The maximum absolute atomic E-state index is 13.6. The molecule has 5 atom stereocenters. The monoisotopic (exact) mass is 279 g/mol. The zero-order valence-corrected chi connectivity index (χ0v) is 11.7. The van der Waals surface area contributed by atoms with Crippen LogP contribution in [-0.2, 0) is 5.54 Å². The van der Waals surface area contributed by atoms with Crippen LogP contribution in [0.4, 0.5) is 4.39 Å². The van der Waals surface area contributed by atoms with E-state index in [2.05, 4.69) is 0 Å². The first kappa shape index (κ1) is 12.2. The molecule has 3 saturated carbocycles. The first-order valence-electron chi connectivity index (χ1n) is 7.34. The summed E-state index contributed by atoms with van der Waals surface area (Å²) in [5, 5.41) is 0.631. The van der Waals surface area contributed by atoms with E-state index in [-0.39, 0.29) is 5.82 Å². The van der Waals surface area contributed by atoms with Crippen molar-refractivity contribution in [3.8, 4) is 0 Å². The van der Waals surface area contributed by atoms with E-state index in [9.17, 15) is 4.39 Å². The molecule has 2 bridgehead atoms. The van der Waals surface area contributed by atoms with Crippen LogP contribution in [0.5, 0.6) is 0 Å². The molecule has 1 aromatic rings. The molecule has 3 heteroatoms. The Morgan fingerprint density at radius 3 is 2.89 bits per heavy atom. The third-order valence-electron chi connectivity index (χ3n) is 6.00. The van der Waals surface area contributed by atoms with Gasteiger partial charge in [-0.1, -0.05) is 18.0 Å². The highest BCUT2D eigenvalue weighted by molar-refractivity contribution is 6.31. The number of hydrogen-bond donors (Lipinski definition) is 1. The SMILES string of the molecule is NC1(c2cc(F)ccc2Cl)CC2CC1C1CCCC21. The highest BCUT2D eigenvalue weighted by Crippen LogP contribution is 2.64. The molecule has 4 rings (SSSR count). The fourth-order valence-electron chi connectivity index (χ4n) is 5.35. The summed E-state index contributed by atoms with van der Waals surface area (Å²) in [5.41, 5.74) is 7.19. The molecule has 0 heterocycles. The van der Waals surface area contributed by atoms with Gasteiger partial charge in [0.05, 0.1) is 0 Å². The van der Waals surface area contributed by atoms with Crippen LogP contribution in [0.1, 0.15) is 37.7 Å².